The van der Waals surface area contributed by atoms with Gasteiger partial charge in [0.1, 0.15) is 0 Å². The zero-order chi connectivity index (χ0) is 11.8. The highest BCUT2D eigenvalue weighted by Crippen LogP contribution is 2.12. The van der Waals surface area contributed by atoms with Gasteiger partial charge < -0.3 is 10.6 Å². The molecular weight excluding hydrogens is 200 g/mol. The molecule has 0 aromatic rings. The molecule has 0 bridgehead atoms. The molecule has 0 saturated carbocycles. The number of likely N-dealkylation sites (tertiary alicyclic amines) is 1. The summed E-state index contributed by atoms with van der Waals surface area (Å²) in [6, 6.07) is 0.0806. The van der Waals surface area contributed by atoms with Crippen LogP contribution in [0, 0.1) is 0 Å². The van der Waals surface area contributed by atoms with Crippen LogP contribution in [0.3, 0.4) is 0 Å². The Morgan fingerprint density at radius 1 is 1.19 bits per heavy atom. The molecule has 3 nitrogen and oxygen atoms in total. The van der Waals surface area contributed by atoms with E-state index < -0.39 is 0 Å². The van der Waals surface area contributed by atoms with Gasteiger partial charge in [-0.1, -0.05) is 45.4 Å². The average Bonchev–Trinajstić information content (AvgIpc) is 2.56. The van der Waals surface area contributed by atoms with E-state index in [-0.39, 0.29) is 11.9 Å². The quantitative estimate of drug-likeness (QED) is 0.645. The highest BCUT2D eigenvalue weighted by Gasteiger charge is 2.25. The highest BCUT2D eigenvalue weighted by atomic mass is 16.2. The van der Waals surface area contributed by atoms with E-state index in [9.17, 15) is 4.79 Å². The number of carbonyl (C=O) groups excluding carboxylic acids is 1. The molecule has 0 radical (unpaired) electrons. The van der Waals surface area contributed by atoms with Crippen LogP contribution < -0.4 is 5.73 Å². The van der Waals surface area contributed by atoms with Crippen molar-refractivity contribution in [2.75, 3.05) is 13.1 Å². The van der Waals surface area contributed by atoms with Gasteiger partial charge in [-0.15, -0.1) is 0 Å². The monoisotopic (exact) mass is 226 g/mol. The number of amides is 1. The van der Waals surface area contributed by atoms with Crippen molar-refractivity contribution in [3.63, 3.8) is 0 Å². The number of carbonyl (C=O) groups is 1. The van der Waals surface area contributed by atoms with Gasteiger partial charge in [-0.25, -0.2) is 0 Å². The standard InChI is InChI=1S/C13H26N2O/c1-2-3-4-5-6-7-8-9-15-11-12(14)10-13(15)16/h12H,2-11,14H2,1H3. The third-order valence-corrected chi connectivity index (χ3v) is 3.28. The Hall–Kier alpha value is -0.570. The van der Waals surface area contributed by atoms with E-state index >= 15 is 0 Å². The smallest absolute Gasteiger partial charge is 0.224 e. The van der Waals surface area contributed by atoms with Crippen molar-refractivity contribution in [3.8, 4) is 0 Å². The summed E-state index contributed by atoms with van der Waals surface area (Å²) in [4.78, 5) is 13.4. The van der Waals surface area contributed by atoms with Crippen LogP contribution in [0.5, 0.6) is 0 Å². The lowest BCUT2D eigenvalue weighted by atomic mass is 10.1. The molecule has 1 heterocycles. The molecule has 1 aliphatic rings. The first-order chi connectivity index (χ1) is 7.74. The lowest BCUT2D eigenvalue weighted by Gasteiger charge is -2.15. The minimum atomic E-state index is 0.0806. The van der Waals surface area contributed by atoms with Crippen molar-refractivity contribution < 1.29 is 4.79 Å². The molecule has 16 heavy (non-hydrogen) atoms. The van der Waals surface area contributed by atoms with Gasteiger partial charge in [-0.3, -0.25) is 4.79 Å². The lowest BCUT2D eigenvalue weighted by molar-refractivity contribution is -0.127. The van der Waals surface area contributed by atoms with Crippen molar-refractivity contribution in [1.29, 1.82) is 0 Å². The first kappa shape index (κ1) is 13.5. The van der Waals surface area contributed by atoms with Gasteiger partial charge in [-0.2, -0.15) is 0 Å². The Morgan fingerprint density at radius 3 is 2.38 bits per heavy atom. The maximum absolute atomic E-state index is 11.4. The zero-order valence-corrected chi connectivity index (χ0v) is 10.6. The van der Waals surface area contributed by atoms with Crippen LogP contribution in [0.25, 0.3) is 0 Å². The van der Waals surface area contributed by atoms with E-state index in [0.29, 0.717) is 6.42 Å². The molecule has 0 aromatic heterocycles. The molecule has 1 unspecified atom stereocenters. The second-order valence-corrected chi connectivity index (χ2v) is 4.93. The molecule has 1 amide bonds. The molecule has 2 N–H and O–H groups in total. The van der Waals surface area contributed by atoms with E-state index in [4.69, 9.17) is 5.73 Å². The summed E-state index contributed by atoms with van der Waals surface area (Å²) in [5.74, 6) is 0.249. The van der Waals surface area contributed by atoms with Crippen LogP contribution in [-0.2, 0) is 4.79 Å². The predicted molar refractivity (Wildman–Crippen MR) is 67.2 cm³/mol. The number of nitrogens with zero attached hydrogens (tertiary/aromatic N) is 1. The van der Waals surface area contributed by atoms with Crippen molar-refractivity contribution in [1.82, 2.24) is 4.90 Å². The first-order valence-corrected chi connectivity index (χ1v) is 6.77. The normalized spacial score (nSPS) is 20.8. The summed E-state index contributed by atoms with van der Waals surface area (Å²) in [5.41, 5.74) is 5.74. The second kappa shape index (κ2) is 7.66. The molecule has 1 aliphatic heterocycles. The summed E-state index contributed by atoms with van der Waals surface area (Å²) in [5, 5.41) is 0. The number of hydrogen-bond acceptors (Lipinski definition) is 2. The van der Waals surface area contributed by atoms with Gasteiger partial charge in [0.05, 0.1) is 0 Å². The summed E-state index contributed by atoms with van der Waals surface area (Å²) >= 11 is 0. The fourth-order valence-corrected chi connectivity index (χ4v) is 2.28. The minimum Gasteiger partial charge on any atom is -0.341 e. The molecule has 0 aromatic carbocycles. The average molecular weight is 226 g/mol. The molecule has 1 atom stereocenters. The third kappa shape index (κ3) is 4.97. The van der Waals surface area contributed by atoms with Crippen LogP contribution in [0.1, 0.15) is 58.3 Å². The summed E-state index contributed by atoms with van der Waals surface area (Å²) in [6.45, 7) is 3.93. The highest BCUT2D eigenvalue weighted by molar-refractivity contribution is 5.79. The fourth-order valence-electron chi connectivity index (χ4n) is 2.28. The molecule has 1 fully saturated rings. The van der Waals surface area contributed by atoms with Gasteiger partial charge in [-0.05, 0) is 6.42 Å². The maximum Gasteiger partial charge on any atom is 0.224 e. The van der Waals surface area contributed by atoms with Crippen molar-refractivity contribution >= 4 is 5.91 Å². The van der Waals surface area contributed by atoms with Gasteiger partial charge >= 0.3 is 0 Å². The molecular formula is C13H26N2O. The molecule has 94 valence electrons. The van der Waals surface area contributed by atoms with Gasteiger partial charge in [0.2, 0.25) is 5.91 Å². The topological polar surface area (TPSA) is 46.3 Å². The molecule has 0 spiro atoms. The van der Waals surface area contributed by atoms with Crippen LogP contribution in [0.2, 0.25) is 0 Å². The summed E-state index contributed by atoms with van der Waals surface area (Å²) in [6.07, 6.45) is 9.64. The van der Waals surface area contributed by atoms with Crippen molar-refractivity contribution in [2.45, 2.75) is 64.3 Å². The molecule has 0 aliphatic carbocycles. The number of nitrogens with two attached hydrogens (primary N) is 1. The Balaban J connectivity index is 1.93. The van der Waals surface area contributed by atoms with Gasteiger partial charge in [0, 0.05) is 25.6 Å². The Labute approximate surface area is 99.4 Å². The molecule has 3 heteroatoms. The van der Waals surface area contributed by atoms with Gasteiger partial charge in [0.15, 0.2) is 0 Å². The van der Waals surface area contributed by atoms with Crippen molar-refractivity contribution in [3.05, 3.63) is 0 Å². The van der Waals surface area contributed by atoms with E-state index in [1.165, 1.54) is 38.5 Å². The Morgan fingerprint density at radius 2 is 1.81 bits per heavy atom. The molecule has 1 saturated heterocycles. The van der Waals surface area contributed by atoms with Crippen LogP contribution in [-0.4, -0.2) is 29.9 Å². The van der Waals surface area contributed by atoms with Gasteiger partial charge in [0.25, 0.3) is 0 Å². The largest absolute Gasteiger partial charge is 0.341 e. The summed E-state index contributed by atoms with van der Waals surface area (Å²) in [7, 11) is 0. The second-order valence-electron chi connectivity index (χ2n) is 4.93. The number of hydrogen-bond donors (Lipinski definition) is 1. The van der Waals surface area contributed by atoms with Crippen LogP contribution >= 0.6 is 0 Å². The Bertz CT molecular complexity index is 206. The van der Waals surface area contributed by atoms with Crippen molar-refractivity contribution in [2.24, 2.45) is 5.73 Å². The van der Waals surface area contributed by atoms with E-state index in [0.717, 1.165) is 19.5 Å². The number of rotatable bonds is 8. The number of unbranched alkanes of at least 4 members (excludes halogenated alkanes) is 6. The fraction of sp³-hybridized carbons (Fsp3) is 0.923. The SMILES string of the molecule is CCCCCCCCCN1CC(N)CC1=O. The predicted octanol–water partition coefficient (Wildman–Crippen LogP) is 2.30. The molecule has 1 rings (SSSR count). The lowest BCUT2D eigenvalue weighted by Crippen LogP contribution is -2.29. The van der Waals surface area contributed by atoms with Crippen LogP contribution in [0.4, 0.5) is 0 Å². The van der Waals surface area contributed by atoms with E-state index in [1.807, 2.05) is 4.90 Å². The van der Waals surface area contributed by atoms with E-state index in [1.54, 1.807) is 0 Å². The maximum atomic E-state index is 11.4. The third-order valence-electron chi connectivity index (χ3n) is 3.28. The van der Waals surface area contributed by atoms with Crippen LogP contribution in [0.15, 0.2) is 0 Å². The van der Waals surface area contributed by atoms with E-state index in [2.05, 4.69) is 6.92 Å². The Kier molecular flexibility index (Phi) is 6.46. The zero-order valence-electron chi connectivity index (χ0n) is 10.6. The first-order valence-electron chi connectivity index (χ1n) is 6.77. The summed E-state index contributed by atoms with van der Waals surface area (Å²) < 4.78 is 0. The minimum absolute atomic E-state index is 0.0806.